The molecule has 0 radical (unpaired) electrons. The van der Waals surface area contributed by atoms with Crippen molar-refractivity contribution >= 4 is 57.6 Å². The Hall–Kier alpha value is -6.61. The number of para-hydroxylation sites is 1. The molecule has 0 saturated carbocycles. The van der Waals surface area contributed by atoms with Crippen LogP contribution in [-0.2, 0) is 14.4 Å². The van der Waals surface area contributed by atoms with Gasteiger partial charge in [0.1, 0.15) is 18.2 Å². The fourth-order valence-electron chi connectivity index (χ4n) is 6.02. The molecule has 1 saturated heterocycles. The number of imide groups is 2. The maximum atomic E-state index is 13.2. The molecular weight excluding hydrogens is 622 g/mol. The van der Waals surface area contributed by atoms with Crippen LogP contribution in [0.25, 0.3) is 22.2 Å². The molecule has 0 bridgehead atoms. The van der Waals surface area contributed by atoms with Crippen molar-refractivity contribution in [2.45, 2.75) is 38.1 Å². The lowest BCUT2D eigenvalue weighted by molar-refractivity contribution is -0.136. The van der Waals surface area contributed by atoms with Crippen LogP contribution >= 0.6 is 0 Å². The minimum absolute atomic E-state index is 0.0450. The molecule has 7 rings (SSSR count). The highest BCUT2D eigenvalue weighted by Crippen LogP contribution is 2.31. The molecule has 1 fully saturated rings. The summed E-state index contributed by atoms with van der Waals surface area (Å²) in [5.41, 5.74) is 4.82. The maximum absolute atomic E-state index is 13.2. The van der Waals surface area contributed by atoms with E-state index in [2.05, 4.69) is 42.7 Å². The summed E-state index contributed by atoms with van der Waals surface area (Å²) in [5, 5.41) is 9.45. The molecule has 2 aliphatic rings. The number of aromatic amines is 1. The standard InChI is InChI=1S/C37H29N7O5/c45-32(15-3-1-2-8-22-9-6-13-26-34(22)37(49)44(36(26)48)30-16-17-33(46)43-35(30)47)42-24-11-7-10-23(18-24)41-31-19-29(39-21-40-31)27-20-38-28-14-5-4-12-25(27)28/h4-7,9-14,18-21,30,38H,1,3,15-17H2,(H,42,45)(H,39,40,41)(H,43,46,47). The third-order valence-electron chi connectivity index (χ3n) is 8.35. The quantitative estimate of drug-likeness (QED) is 0.104. The van der Waals surface area contributed by atoms with Crippen molar-refractivity contribution in [3.8, 4) is 23.1 Å². The van der Waals surface area contributed by atoms with Gasteiger partial charge in [-0.1, -0.05) is 42.2 Å². The maximum Gasteiger partial charge on any atom is 0.263 e. The van der Waals surface area contributed by atoms with Crippen LogP contribution in [-0.4, -0.2) is 55.4 Å². The fraction of sp³-hybridized carbons (Fsp3) is 0.162. The Bertz CT molecular complexity index is 2230. The summed E-state index contributed by atoms with van der Waals surface area (Å²) in [6.07, 6.45) is 4.63. The lowest BCUT2D eigenvalue weighted by atomic mass is 10.0. The summed E-state index contributed by atoms with van der Waals surface area (Å²) < 4.78 is 0. The van der Waals surface area contributed by atoms with Gasteiger partial charge in [-0.3, -0.25) is 34.2 Å². The van der Waals surface area contributed by atoms with Crippen molar-refractivity contribution in [2.75, 3.05) is 10.6 Å². The van der Waals surface area contributed by atoms with E-state index in [0.717, 1.165) is 32.7 Å². The predicted molar refractivity (Wildman–Crippen MR) is 182 cm³/mol. The van der Waals surface area contributed by atoms with Gasteiger partial charge in [-0.05, 0) is 49.2 Å². The van der Waals surface area contributed by atoms with Crippen LogP contribution in [0.2, 0.25) is 0 Å². The number of unbranched alkanes of at least 4 members (excludes halogenated alkanes) is 1. The van der Waals surface area contributed by atoms with E-state index in [0.29, 0.717) is 29.9 Å². The average Bonchev–Trinajstić information content (AvgIpc) is 3.64. The number of rotatable bonds is 8. The lowest BCUT2D eigenvalue weighted by Gasteiger charge is -2.27. The van der Waals surface area contributed by atoms with Crippen molar-refractivity contribution in [1.82, 2.24) is 25.2 Å². The number of H-pyrrole nitrogens is 1. The van der Waals surface area contributed by atoms with Crippen molar-refractivity contribution in [2.24, 2.45) is 0 Å². The summed E-state index contributed by atoms with van der Waals surface area (Å²) in [6.45, 7) is 0. The van der Waals surface area contributed by atoms with Gasteiger partial charge in [0.25, 0.3) is 11.8 Å². The first kappa shape index (κ1) is 31.0. The number of anilines is 3. The number of nitrogens with one attached hydrogen (secondary N) is 4. The normalized spacial score (nSPS) is 15.4. The van der Waals surface area contributed by atoms with E-state index >= 15 is 0 Å². The van der Waals surface area contributed by atoms with E-state index in [1.807, 2.05) is 54.7 Å². The number of hydrogen-bond donors (Lipinski definition) is 4. The highest BCUT2D eigenvalue weighted by Gasteiger charge is 2.45. The first-order chi connectivity index (χ1) is 23.9. The summed E-state index contributed by atoms with van der Waals surface area (Å²) in [7, 11) is 0. The van der Waals surface area contributed by atoms with Crippen molar-refractivity contribution in [1.29, 1.82) is 0 Å². The second kappa shape index (κ2) is 13.2. The molecule has 4 heterocycles. The van der Waals surface area contributed by atoms with Crippen molar-refractivity contribution in [3.05, 3.63) is 102 Å². The van der Waals surface area contributed by atoms with Gasteiger partial charge < -0.3 is 15.6 Å². The number of carbonyl (C=O) groups is 5. The smallest absolute Gasteiger partial charge is 0.263 e. The molecule has 0 aliphatic carbocycles. The molecule has 4 N–H and O–H groups in total. The number of carbonyl (C=O) groups excluding carboxylic acids is 5. The number of nitrogens with zero attached hydrogens (tertiary/aromatic N) is 3. The van der Waals surface area contributed by atoms with E-state index in [1.54, 1.807) is 18.2 Å². The minimum atomic E-state index is -1.04. The van der Waals surface area contributed by atoms with Gasteiger partial charge in [-0.2, -0.15) is 0 Å². The zero-order valence-corrected chi connectivity index (χ0v) is 26.1. The molecule has 49 heavy (non-hydrogen) atoms. The van der Waals surface area contributed by atoms with Gasteiger partial charge >= 0.3 is 0 Å². The summed E-state index contributed by atoms with van der Waals surface area (Å²) in [6, 6.07) is 21.0. The first-order valence-corrected chi connectivity index (χ1v) is 15.7. The van der Waals surface area contributed by atoms with Crippen LogP contribution in [0.1, 0.15) is 58.4 Å². The van der Waals surface area contributed by atoms with Gasteiger partial charge in [0.05, 0.1) is 16.8 Å². The van der Waals surface area contributed by atoms with Crippen LogP contribution in [0.4, 0.5) is 17.2 Å². The molecule has 242 valence electrons. The SMILES string of the molecule is O=C1CCC(N2C(=O)c3cccc(C#CCCCC(=O)Nc4cccc(Nc5cc(-c6c[nH]c7ccccc67)ncn5)c4)c3C2=O)C(=O)N1. The van der Waals surface area contributed by atoms with Gasteiger partial charge in [0.2, 0.25) is 17.7 Å². The average molecular weight is 652 g/mol. The monoisotopic (exact) mass is 651 g/mol. The van der Waals surface area contributed by atoms with E-state index in [4.69, 9.17) is 0 Å². The van der Waals surface area contributed by atoms with E-state index in [1.165, 1.54) is 12.4 Å². The largest absolute Gasteiger partial charge is 0.360 e. The van der Waals surface area contributed by atoms with Crippen LogP contribution in [0.15, 0.2) is 85.3 Å². The van der Waals surface area contributed by atoms with Crippen LogP contribution in [0.5, 0.6) is 0 Å². The number of piperidine rings is 1. The Kier molecular flexibility index (Phi) is 8.39. The fourth-order valence-corrected chi connectivity index (χ4v) is 6.02. The van der Waals surface area contributed by atoms with E-state index < -0.39 is 29.7 Å². The predicted octanol–water partition coefficient (Wildman–Crippen LogP) is 4.93. The molecule has 0 spiro atoms. The minimum Gasteiger partial charge on any atom is -0.360 e. The zero-order chi connectivity index (χ0) is 33.9. The second-order valence-electron chi connectivity index (χ2n) is 11.6. The molecule has 5 aromatic rings. The molecule has 3 aromatic carbocycles. The molecule has 2 aliphatic heterocycles. The molecule has 2 aromatic heterocycles. The van der Waals surface area contributed by atoms with Crippen LogP contribution in [0, 0.1) is 11.8 Å². The zero-order valence-electron chi connectivity index (χ0n) is 26.1. The summed E-state index contributed by atoms with van der Waals surface area (Å²) in [4.78, 5) is 75.9. The van der Waals surface area contributed by atoms with Crippen LogP contribution in [0.3, 0.4) is 0 Å². The molecule has 12 nitrogen and oxygen atoms in total. The Labute approximate surface area is 280 Å². The Morgan fingerprint density at radius 3 is 2.63 bits per heavy atom. The summed E-state index contributed by atoms with van der Waals surface area (Å²) >= 11 is 0. The number of benzene rings is 3. The summed E-state index contributed by atoms with van der Waals surface area (Å²) in [5.74, 6) is 4.10. The van der Waals surface area contributed by atoms with Gasteiger partial charge in [-0.25, -0.2) is 9.97 Å². The van der Waals surface area contributed by atoms with Gasteiger partial charge in [0, 0.05) is 64.9 Å². The van der Waals surface area contributed by atoms with Crippen molar-refractivity contribution < 1.29 is 24.0 Å². The Morgan fingerprint density at radius 1 is 0.918 bits per heavy atom. The number of amides is 5. The van der Waals surface area contributed by atoms with Crippen molar-refractivity contribution in [3.63, 3.8) is 0 Å². The third-order valence-corrected chi connectivity index (χ3v) is 8.35. The Balaban J connectivity index is 0.938. The molecular formula is C37H29N7O5. The van der Waals surface area contributed by atoms with Gasteiger partial charge in [-0.15, -0.1) is 0 Å². The first-order valence-electron chi connectivity index (χ1n) is 15.7. The molecule has 1 atom stereocenters. The number of hydrogen-bond acceptors (Lipinski definition) is 8. The van der Waals surface area contributed by atoms with Crippen LogP contribution < -0.4 is 16.0 Å². The van der Waals surface area contributed by atoms with E-state index in [9.17, 15) is 24.0 Å². The van der Waals surface area contributed by atoms with E-state index in [-0.39, 0.29) is 36.3 Å². The second-order valence-corrected chi connectivity index (χ2v) is 11.6. The number of fused-ring (bicyclic) bond motifs is 2. The molecule has 1 unspecified atom stereocenters. The highest BCUT2D eigenvalue weighted by atomic mass is 16.2. The molecule has 5 amide bonds. The Morgan fingerprint density at radius 2 is 1.76 bits per heavy atom. The highest BCUT2D eigenvalue weighted by molar-refractivity contribution is 6.24. The lowest BCUT2D eigenvalue weighted by Crippen LogP contribution is -2.54. The third kappa shape index (κ3) is 6.37. The number of aromatic nitrogens is 3. The topological polar surface area (TPSA) is 166 Å². The molecule has 12 heteroatoms. The van der Waals surface area contributed by atoms with Gasteiger partial charge in [0.15, 0.2) is 0 Å².